The molecule has 0 saturated heterocycles. The monoisotopic (exact) mass is 388 g/mol. The van der Waals surface area contributed by atoms with E-state index in [9.17, 15) is 9.59 Å². The smallest absolute Gasteiger partial charge is 0.335 e. The fourth-order valence-electron chi connectivity index (χ4n) is 2.64. The number of carboxylic acids is 1. The lowest BCUT2D eigenvalue weighted by atomic mass is 10.1. The zero-order chi connectivity index (χ0) is 20.5. The Balaban J connectivity index is 1.87. The Morgan fingerprint density at radius 1 is 0.929 bits per heavy atom. The van der Waals surface area contributed by atoms with Gasteiger partial charge in [-0.3, -0.25) is 0 Å². The van der Waals surface area contributed by atoms with E-state index in [0.29, 0.717) is 36.8 Å². The molecule has 0 aliphatic heterocycles. The van der Waals surface area contributed by atoms with Crippen molar-refractivity contribution in [3.8, 4) is 17.2 Å². The second kappa shape index (κ2) is 10.1. The fourth-order valence-corrected chi connectivity index (χ4v) is 2.64. The van der Waals surface area contributed by atoms with Gasteiger partial charge in [0.25, 0.3) is 0 Å². The summed E-state index contributed by atoms with van der Waals surface area (Å²) >= 11 is 0. The van der Waals surface area contributed by atoms with Crippen molar-refractivity contribution < 1.29 is 28.9 Å². The number of urea groups is 1. The minimum atomic E-state index is -0.985. The van der Waals surface area contributed by atoms with E-state index in [-0.39, 0.29) is 11.6 Å². The van der Waals surface area contributed by atoms with Crippen LogP contribution >= 0.6 is 0 Å². The summed E-state index contributed by atoms with van der Waals surface area (Å²) in [5.74, 6) is 0.882. The highest BCUT2D eigenvalue weighted by Crippen LogP contribution is 2.34. The Labute approximate surface area is 163 Å². The highest BCUT2D eigenvalue weighted by molar-refractivity contribution is 5.87. The number of carbonyl (C=O) groups excluding carboxylic acids is 1. The molecule has 2 aromatic rings. The Bertz CT molecular complexity index is 795. The molecule has 0 aliphatic carbocycles. The van der Waals surface area contributed by atoms with Gasteiger partial charge in [0, 0.05) is 30.8 Å². The van der Waals surface area contributed by atoms with E-state index in [1.54, 1.807) is 45.6 Å². The standard InChI is InChI=1S/C20H24N2O6/c1-26-15-10-17(27-2)16(18(11-15)28-3)8-9-21-20(25)22-12-13-4-6-14(7-5-13)19(23)24/h4-7,10-11H,8-9,12H2,1-3H3,(H,23,24)(H2,21,22,25). The van der Waals surface area contributed by atoms with Crippen molar-refractivity contribution in [2.24, 2.45) is 0 Å². The van der Waals surface area contributed by atoms with Crippen LogP contribution in [0.1, 0.15) is 21.5 Å². The van der Waals surface area contributed by atoms with Crippen molar-refractivity contribution in [1.29, 1.82) is 0 Å². The van der Waals surface area contributed by atoms with Crippen LogP contribution in [0.3, 0.4) is 0 Å². The molecule has 0 unspecified atom stereocenters. The van der Waals surface area contributed by atoms with E-state index < -0.39 is 5.97 Å². The zero-order valence-corrected chi connectivity index (χ0v) is 16.1. The lowest BCUT2D eigenvalue weighted by Crippen LogP contribution is -2.36. The Morgan fingerprint density at radius 3 is 2.04 bits per heavy atom. The Hall–Kier alpha value is -3.42. The molecule has 8 nitrogen and oxygen atoms in total. The highest BCUT2D eigenvalue weighted by atomic mass is 16.5. The first-order valence-electron chi connectivity index (χ1n) is 8.61. The molecule has 2 rings (SSSR count). The number of benzene rings is 2. The number of aromatic carboxylic acids is 1. The molecular formula is C20H24N2O6. The summed E-state index contributed by atoms with van der Waals surface area (Å²) in [5, 5.41) is 14.4. The van der Waals surface area contributed by atoms with E-state index >= 15 is 0 Å². The minimum Gasteiger partial charge on any atom is -0.496 e. The summed E-state index contributed by atoms with van der Waals surface area (Å²) in [6, 6.07) is 9.53. The lowest BCUT2D eigenvalue weighted by Gasteiger charge is -2.15. The predicted molar refractivity (Wildman–Crippen MR) is 103 cm³/mol. The maximum Gasteiger partial charge on any atom is 0.335 e. The number of nitrogens with one attached hydrogen (secondary N) is 2. The SMILES string of the molecule is COc1cc(OC)c(CCNC(=O)NCc2ccc(C(=O)O)cc2)c(OC)c1. The lowest BCUT2D eigenvalue weighted by molar-refractivity contribution is 0.0697. The third kappa shape index (κ3) is 5.54. The van der Waals surface area contributed by atoms with Crippen LogP contribution in [0.4, 0.5) is 4.79 Å². The number of rotatable bonds is 9. The van der Waals surface area contributed by atoms with Crippen LogP contribution in [0.5, 0.6) is 17.2 Å². The van der Waals surface area contributed by atoms with E-state index in [1.807, 2.05) is 0 Å². The quantitative estimate of drug-likeness (QED) is 0.609. The van der Waals surface area contributed by atoms with Crippen LogP contribution in [0.15, 0.2) is 36.4 Å². The summed E-state index contributed by atoms with van der Waals surface area (Å²) < 4.78 is 16.0. The summed E-state index contributed by atoms with van der Waals surface area (Å²) in [6.45, 7) is 0.670. The predicted octanol–water partition coefficient (Wildman–Crippen LogP) is 2.45. The number of methoxy groups -OCH3 is 3. The average Bonchev–Trinajstić information content (AvgIpc) is 2.72. The van der Waals surface area contributed by atoms with Gasteiger partial charge in [-0.25, -0.2) is 9.59 Å². The summed E-state index contributed by atoms with van der Waals surface area (Å²) in [4.78, 5) is 22.8. The van der Waals surface area contributed by atoms with E-state index in [2.05, 4.69) is 10.6 Å². The maximum atomic E-state index is 12.0. The van der Waals surface area contributed by atoms with Gasteiger partial charge in [-0.1, -0.05) is 12.1 Å². The molecule has 0 aliphatic rings. The van der Waals surface area contributed by atoms with Crippen LogP contribution in [-0.2, 0) is 13.0 Å². The van der Waals surface area contributed by atoms with Crippen LogP contribution < -0.4 is 24.8 Å². The van der Waals surface area contributed by atoms with Crippen LogP contribution in [0.2, 0.25) is 0 Å². The van der Waals surface area contributed by atoms with Gasteiger partial charge in [-0.05, 0) is 24.1 Å². The summed E-state index contributed by atoms with van der Waals surface area (Å²) in [5.41, 5.74) is 1.84. The number of hydrogen-bond donors (Lipinski definition) is 3. The number of hydrogen-bond acceptors (Lipinski definition) is 5. The molecule has 3 N–H and O–H groups in total. The third-order valence-corrected chi connectivity index (χ3v) is 4.13. The molecule has 0 spiro atoms. The molecule has 0 atom stereocenters. The fraction of sp³-hybridized carbons (Fsp3) is 0.300. The van der Waals surface area contributed by atoms with Crippen molar-refractivity contribution in [2.45, 2.75) is 13.0 Å². The first-order valence-corrected chi connectivity index (χ1v) is 8.61. The van der Waals surface area contributed by atoms with Gasteiger partial charge in [0.15, 0.2) is 0 Å². The molecule has 2 aromatic carbocycles. The first kappa shape index (κ1) is 20.9. The maximum absolute atomic E-state index is 12.0. The molecule has 0 saturated carbocycles. The molecule has 0 radical (unpaired) electrons. The van der Waals surface area contributed by atoms with Gasteiger partial charge in [0.05, 0.1) is 26.9 Å². The molecule has 150 valence electrons. The third-order valence-electron chi connectivity index (χ3n) is 4.13. The van der Waals surface area contributed by atoms with Crippen LogP contribution in [-0.4, -0.2) is 45.0 Å². The topological polar surface area (TPSA) is 106 Å². The van der Waals surface area contributed by atoms with Gasteiger partial charge in [0.1, 0.15) is 17.2 Å². The summed E-state index contributed by atoms with van der Waals surface area (Å²) in [7, 11) is 4.69. The first-order chi connectivity index (χ1) is 13.5. The largest absolute Gasteiger partial charge is 0.496 e. The van der Waals surface area contributed by atoms with Crippen molar-refractivity contribution in [2.75, 3.05) is 27.9 Å². The average molecular weight is 388 g/mol. The van der Waals surface area contributed by atoms with Crippen molar-refractivity contribution in [3.63, 3.8) is 0 Å². The van der Waals surface area contributed by atoms with Crippen LogP contribution in [0, 0.1) is 0 Å². The van der Waals surface area contributed by atoms with Gasteiger partial charge >= 0.3 is 12.0 Å². The van der Waals surface area contributed by atoms with Crippen LogP contribution in [0.25, 0.3) is 0 Å². The highest BCUT2D eigenvalue weighted by Gasteiger charge is 2.13. The van der Waals surface area contributed by atoms with Gasteiger partial charge < -0.3 is 30.0 Å². The Kier molecular flexibility index (Phi) is 7.50. The van der Waals surface area contributed by atoms with E-state index in [0.717, 1.165) is 11.1 Å². The molecule has 2 amide bonds. The molecule has 0 heterocycles. The molecule has 0 fully saturated rings. The second-order valence-corrected chi connectivity index (χ2v) is 5.87. The normalized spacial score (nSPS) is 10.1. The molecule has 0 aromatic heterocycles. The summed E-state index contributed by atoms with van der Waals surface area (Å²) in [6.07, 6.45) is 0.511. The number of amides is 2. The number of ether oxygens (including phenoxy) is 3. The Morgan fingerprint density at radius 2 is 1.54 bits per heavy atom. The van der Waals surface area contributed by atoms with E-state index in [4.69, 9.17) is 19.3 Å². The van der Waals surface area contributed by atoms with Crippen molar-refractivity contribution in [1.82, 2.24) is 10.6 Å². The van der Waals surface area contributed by atoms with Crippen molar-refractivity contribution in [3.05, 3.63) is 53.1 Å². The number of carbonyl (C=O) groups is 2. The molecule has 8 heteroatoms. The van der Waals surface area contributed by atoms with E-state index in [1.165, 1.54) is 12.1 Å². The zero-order valence-electron chi connectivity index (χ0n) is 16.1. The van der Waals surface area contributed by atoms with Gasteiger partial charge in [-0.2, -0.15) is 0 Å². The van der Waals surface area contributed by atoms with Gasteiger partial charge in [-0.15, -0.1) is 0 Å². The molecule has 0 bridgehead atoms. The molecular weight excluding hydrogens is 364 g/mol. The molecule has 28 heavy (non-hydrogen) atoms. The minimum absolute atomic E-state index is 0.204. The second-order valence-electron chi connectivity index (χ2n) is 5.87. The van der Waals surface area contributed by atoms with Crippen molar-refractivity contribution >= 4 is 12.0 Å². The number of carboxylic acid groups (broad SMARTS) is 1. The van der Waals surface area contributed by atoms with Gasteiger partial charge in [0.2, 0.25) is 0 Å².